The summed E-state index contributed by atoms with van der Waals surface area (Å²) < 4.78 is 13.4. The van der Waals surface area contributed by atoms with Gasteiger partial charge < -0.3 is 19.4 Å². The molecule has 2 aliphatic rings. The second-order valence-electron chi connectivity index (χ2n) is 7.22. The number of anilines is 1. The molecule has 0 radical (unpaired) electrons. The fourth-order valence-electron chi connectivity index (χ4n) is 3.62. The number of nitrogens with one attached hydrogen (secondary N) is 1. The summed E-state index contributed by atoms with van der Waals surface area (Å²) in [6.07, 6.45) is 5.47. The van der Waals surface area contributed by atoms with Gasteiger partial charge in [0.2, 0.25) is 0 Å². The van der Waals surface area contributed by atoms with E-state index in [1.807, 2.05) is 41.0 Å². The Morgan fingerprint density at radius 3 is 3.00 bits per heavy atom. The lowest BCUT2D eigenvalue weighted by Crippen LogP contribution is -2.16. The van der Waals surface area contributed by atoms with Crippen molar-refractivity contribution in [2.75, 3.05) is 25.1 Å². The lowest BCUT2D eigenvalue weighted by molar-refractivity contribution is 0.102. The molecule has 0 unspecified atom stereocenters. The van der Waals surface area contributed by atoms with Crippen LogP contribution in [0.5, 0.6) is 5.75 Å². The number of nitrogens with zero attached hydrogens (tertiary/aromatic N) is 4. The third kappa shape index (κ3) is 3.69. The Bertz CT molecular complexity index is 1120. The van der Waals surface area contributed by atoms with E-state index in [-0.39, 0.29) is 5.91 Å². The molecular weight excluding hydrogens is 382 g/mol. The van der Waals surface area contributed by atoms with Gasteiger partial charge in [0.25, 0.3) is 5.91 Å². The number of ether oxygens (including phenoxy) is 2. The molecule has 2 bridgehead atoms. The van der Waals surface area contributed by atoms with Crippen molar-refractivity contribution in [3.8, 4) is 17.3 Å². The van der Waals surface area contributed by atoms with Crippen LogP contribution in [-0.2, 0) is 11.3 Å². The molecule has 5 rings (SSSR count). The van der Waals surface area contributed by atoms with Crippen molar-refractivity contribution in [2.24, 2.45) is 0 Å². The van der Waals surface area contributed by atoms with Gasteiger partial charge in [0, 0.05) is 6.54 Å². The van der Waals surface area contributed by atoms with E-state index in [1.165, 1.54) is 0 Å². The summed E-state index contributed by atoms with van der Waals surface area (Å²) in [6.45, 7) is 2.43. The Morgan fingerprint density at radius 2 is 2.10 bits per heavy atom. The number of hydrogen-bond acceptors (Lipinski definition) is 6. The van der Waals surface area contributed by atoms with Crippen molar-refractivity contribution in [3.63, 3.8) is 0 Å². The standard InChI is InChI=1S/C22H21N5O3/c28-22-17-12-15(16-8-11-29-13-16)6-7-19(17)30-10-2-1-9-27-14-23-26-21(27)18-4-3-5-20(24-18)25-22/h3-8,12,14H,1-2,9-11,13H2,(H,24,25,28). The summed E-state index contributed by atoms with van der Waals surface area (Å²) in [4.78, 5) is 17.7. The number of carbonyl (C=O) groups excluding carboxylic acids is 1. The number of carbonyl (C=O) groups is 1. The number of rotatable bonds is 1. The van der Waals surface area contributed by atoms with Crippen molar-refractivity contribution >= 4 is 17.3 Å². The van der Waals surface area contributed by atoms with Gasteiger partial charge in [0.15, 0.2) is 5.82 Å². The van der Waals surface area contributed by atoms with Gasteiger partial charge >= 0.3 is 0 Å². The summed E-state index contributed by atoms with van der Waals surface area (Å²) in [6, 6.07) is 11.2. The maximum absolute atomic E-state index is 13.1. The van der Waals surface area contributed by atoms with Crippen LogP contribution in [0.2, 0.25) is 0 Å². The third-order valence-electron chi connectivity index (χ3n) is 5.19. The van der Waals surface area contributed by atoms with E-state index in [2.05, 4.69) is 20.5 Å². The first-order chi connectivity index (χ1) is 14.8. The maximum atomic E-state index is 13.1. The smallest absolute Gasteiger partial charge is 0.260 e. The Labute approximate surface area is 173 Å². The molecule has 30 heavy (non-hydrogen) atoms. The highest BCUT2D eigenvalue weighted by atomic mass is 16.5. The van der Waals surface area contributed by atoms with E-state index in [9.17, 15) is 4.79 Å². The molecule has 0 saturated heterocycles. The molecule has 0 atom stereocenters. The number of benzene rings is 1. The van der Waals surface area contributed by atoms with Crippen molar-refractivity contribution < 1.29 is 14.3 Å². The Hall–Kier alpha value is -3.52. The van der Waals surface area contributed by atoms with Crippen LogP contribution in [0.25, 0.3) is 17.1 Å². The molecule has 4 heterocycles. The normalized spacial score (nSPS) is 16.5. The van der Waals surface area contributed by atoms with Crippen LogP contribution in [0.3, 0.4) is 0 Å². The summed E-state index contributed by atoms with van der Waals surface area (Å²) in [5, 5.41) is 11.1. The lowest BCUT2D eigenvalue weighted by atomic mass is 10.0. The molecule has 152 valence electrons. The van der Waals surface area contributed by atoms with Gasteiger partial charge in [-0.2, -0.15) is 0 Å². The van der Waals surface area contributed by atoms with Crippen LogP contribution in [0.15, 0.2) is 48.8 Å². The van der Waals surface area contributed by atoms with Crippen LogP contribution in [0.4, 0.5) is 5.82 Å². The zero-order valence-corrected chi connectivity index (χ0v) is 16.4. The average Bonchev–Trinajstić information content (AvgIpc) is 3.45. The monoisotopic (exact) mass is 403 g/mol. The predicted molar refractivity (Wildman–Crippen MR) is 111 cm³/mol. The van der Waals surface area contributed by atoms with Gasteiger partial charge in [-0.25, -0.2) is 4.98 Å². The molecule has 1 aromatic carbocycles. The first-order valence-electron chi connectivity index (χ1n) is 9.98. The van der Waals surface area contributed by atoms with E-state index in [0.29, 0.717) is 48.5 Å². The van der Waals surface area contributed by atoms with E-state index < -0.39 is 0 Å². The van der Waals surface area contributed by atoms with Gasteiger partial charge in [-0.05, 0) is 48.2 Å². The quantitative estimate of drug-likeness (QED) is 0.671. The molecule has 0 spiro atoms. The summed E-state index contributed by atoms with van der Waals surface area (Å²) in [5.41, 5.74) is 3.18. The predicted octanol–water partition coefficient (Wildman–Crippen LogP) is 3.18. The minimum atomic E-state index is -0.269. The zero-order valence-electron chi connectivity index (χ0n) is 16.4. The zero-order chi connectivity index (χ0) is 20.3. The molecule has 8 nitrogen and oxygen atoms in total. The fraction of sp³-hybridized carbons (Fsp3) is 0.273. The number of amides is 1. The van der Waals surface area contributed by atoms with Crippen LogP contribution in [0, 0.1) is 0 Å². The highest BCUT2D eigenvalue weighted by Gasteiger charge is 2.18. The largest absolute Gasteiger partial charge is 0.493 e. The van der Waals surface area contributed by atoms with Gasteiger partial charge in [0.05, 0.1) is 25.4 Å². The first kappa shape index (κ1) is 18.5. The molecular formula is C22H21N5O3. The van der Waals surface area contributed by atoms with E-state index in [0.717, 1.165) is 30.5 Å². The molecule has 1 N–H and O–H groups in total. The summed E-state index contributed by atoms with van der Waals surface area (Å²) >= 11 is 0. The molecule has 1 amide bonds. The SMILES string of the molecule is O=C1Nc2cccc(n2)-c2nncn2CCCCOc2ccc(C3=CCOC3)cc21. The highest BCUT2D eigenvalue weighted by Crippen LogP contribution is 2.28. The minimum Gasteiger partial charge on any atom is -0.493 e. The highest BCUT2D eigenvalue weighted by molar-refractivity contribution is 6.06. The Balaban J connectivity index is 1.52. The van der Waals surface area contributed by atoms with Gasteiger partial charge in [-0.15, -0.1) is 10.2 Å². The number of hydrogen-bond donors (Lipinski definition) is 1. The van der Waals surface area contributed by atoms with Crippen molar-refractivity contribution in [1.29, 1.82) is 0 Å². The number of fused-ring (bicyclic) bond motifs is 5. The number of pyridine rings is 1. The molecule has 2 aliphatic heterocycles. The Morgan fingerprint density at radius 1 is 1.13 bits per heavy atom. The summed E-state index contributed by atoms with van der Waals surface area (Å²) in [5.74, 6) is 1.42. The van der Waals surface area contributed by atoms with Crippen molar-refractivity contribution in [3.05, 3.63) is 59.9 Å². The van der Waals surface area contributed by atoms with Crippen LogP contribution in [-0.4, -0.2) is 45.5 Å². The maximum Gasteiger partial charge on any atom is 0.260 e. The Kier molecular flexibility index (Phi) is 4.98. The molecule has 8 heteroatoms. The second kappa shape index (κ2) is 8.08. The fourth-order valence-corrected chi connectivity index (χ4v) is 3.62. The van der Waals surface area contributed by atoms with Gasteiger partial charge in [-0.1, -0.05) is 18.2 Å². The topological polar surface area (TPSA) is 91.2 Å². The lowest BCUT2D eigenvalue weighted by Gasteiger charge is -2.15. The van der Waals surface area contributed by atoms with Crippen LogP contribution >= 0.6 is 0 Å². The molecule has 0 aliphatic carbocycles. The molecule has 0 fully saturated rings. The molecule has 2 aromatic heterocycles. The number of aromatic nitrogens is 4. The van der Waals surface area contributed by atoms with Crippen LogP contribution in [0.1, 0.15) is 28.8 Å². The summed E-state index contributed by atoms with van der Waals surface area (Å²) in [7, 11) is 0. The van der Waals surface area contributed by atoms with E-state index in [4.69, 9.17) is 9.47 Å². The third-order valence-corrected chi connectivity index (χ3v) is 5.19. The molecule has 3 aromatic rings. The van der Waals surface area contributed by atoms with Crippen LogP contribution < -0.4 is 10.1 Å². The number of aryl methyl sites for hydroxylation is 1. The second-order valence-corrected chi connectivity index (χ2v) is 7.22. The van der Waals surface area contributed by atoms with E-state index in [1.54, 1.807) is 12.4 Å². The first-order valence-corrected chi connectivity index (χ1v) is 9.98. The average molecular weight is 403 g/mol. The van der Waals surface area contributed by atoms with Gasteiger partial charge in [0.1, 0.15) is 23.6 Å². The van der Waals surface area contributed by atoms with Gasteiger partial charge in [-0.3, -0.25) is 4.79 Å². The van der Waals surface area contributed by atoms with Crippen molar-refractivity contribution in [1.82, 2.24) is 19.7 Å². The van der Waals surface area contributed by atoms with Crippen molar-refractivity contribution in [2.45, 2.75) is 19.4 Å². The molecule has 0 saturated carbocycles. The van der Waals surface area contributed by atoms with E-state index >= 15 is 0 Å². The minimum absolute atomic E-state index is 0.269.